The van der Waals surface area contributed by atoms with Crippen molar-refractivity contribution in [3.05, 3.63) is 59.2 Å². The minimum Gasteiger partial charge on any atom is -0.479 e. The Morgan fingerprint density at radius 2 is 1.95 bits per heavy atom. The van der Waals surface area contributed by atoms with E-state index in [1.54, 1.807) is 25.4 Å². The molecule has 0 unspecified atom stereocenters. The average Bonchev–Trinajstić information content (AvgIpc) is 2.74. The van der Waals surface area contributed by atoms with E-state index in [1.165, 1.54) is 11.6 Å². The summed E-state index contributed by atoms with van der Waals surface area (Å²) in [5, 5.41) is 1.09. The normalized spacial score (nSPS) is 11.0. The fourth-order valence-electron chi connectivity index (χ4n) is 2.71. The van der Waals surface area contributed by atoms with E-state index in [0.717, 1.165) is 16.6 Å². The molecule has 1 aromatic carbocycles. The van der Waals surface area contributed by atoms with Crippen LogP contribution in [-0.2, 0) is 6.54 Å². The van der Waals surface area contributed by atoms with E-state index in [9.17, 15) is 4.39 Å². The monoisotopic (exact) mass is 284 g/mol. The van der Waals surface area contributed by atoms with Crippen LogP contribution in [0.15, 0.2) is 36.5 Å². The molecule has 2 heterocycles. The highest BCUT2D eigenvalue weighted by Gasteiger charge is 2.16. The number of benzene rings is 1. The maximum atomic E-state index is 13.9. The number of hydrogen-bond donors (Lipinski definition) is 0. The summed E-state index contributed by atoms with van der Waals surface area (Å²) in [5.74, 6) is 0.374. The number of halogens is 1. The molecular formula is C17H17FN2O. The predicted octanol–water partition coefficient (Wildman–Crippen LogP) is 3.85. The van der Waals surface area contributed by atoms with Crippen molar-refractivity contribution in [1.29, 1.82) is 0 Å². The van der Waals surface area contributed by atoms with Crippen LogP contribution < -0.4 is 4.74 Å². The number of fused-ring (bicyclic) bond motifs is 1. The molecule has 108 valence electrons. The Labute approximate surface area is 123 Å². The van der Waals surface area contributed by atoms with Gasteiger partial charge < -0.3 is 9.30 Å². The highest BCUT2D eigenvalue weighted by molar-refractivity contribution is 5.88. The summed E-state index contributed by atoms with van der Waals surface area (Å²) >= 11 is 0. The molecule has 21 heavy (non-hydrogen) atoms. The van der Waals surface area contributed by atoms with Crippen LogP contribution in [0.5, 0.6) is 5.88 Å². The van der Waals surface area contributed by atoms with Gasteiger partial charge in [0, 0.05) is 22.8 Å². The van der Waals surface area contributed by atoms with Crippen molar-refractivity contribution < 1.29 is 9.13 Å². The molecule has 0 aliphatic rings. The standard InChI is InChI=1S/C17H17FN2O/c1-11-12(2)20(10-13-6-4-5-7-15(13)18)16-14(11)8-9-19-17(16)21-3/h4-9H,10H2,1-3H3. The predicted molar refractivity (Wildman–Crippen MR) is 81.3 cm³/mol. The first kappa shape index (κ1) is 13.6. The Morgan fingerprint density at radius 1 is 1.19 bits per heavy atom. The summed E-state index contributed by atoms with van der Waals surface area (Å²) in [5.41, 5.74) is 3.84. The van der Waals surface area contributed by atoms with Crippen molar-refractivity contribution in [2.75, 3.05) is 7.11 Å². The highest BCUT2D eigenvalue weighted by atomic mass is 19.1. The van der Waals surface area contributed by atoms with Crippen molar-refractivity contribution in [1.82, 2.24) is 9.55 Å². The van der Waals surface area contributed by atoms with Gasteiger partial charge in [0.2, 0.25) is 5.88 Å². The summed E-state index contributed by atoms with van der Waals surface area (Å²) in [6.07, 6.45) is 1.74. The van der Waals surface area contributed by atoms with Crippen molar-refractivity contribution in [3.63, 3.8) is 0 Å². The summed E-state index contributed by atoms with van der Waals surface area (Å²) in [7, 11) is 1.60. The van der Waals surface area contributed by atoms with Crippen molar-refractivity contribution in [2.45, 2.75) is 20.4 Å². The molecule has 0 radical (unpaired) electrons. The molecule has 4 heteroatoms. The highest BCUT2D eigenvalue weighted by Crippen LogP contribution is 2.31. The van der Waals surface area contributed by atoms with Gasteiger partial charge in [-0.3, -0.25) is 0 Å². The lowest BCUT2D eigenvalue weighted by molar-refractivity contribution is 0.401. The Morgan fingerprint density at radius 3 is 2.67 bits per heavy atom. The maximum absolute atomic E-state index is 13.9. The molecule has 0 fully saturated rings. The van der Waals surface area contributed by atoms with Gasteiger partial charge in [-0.05, 0) is 31.5 Å². The first-order valence-corrected chi connectivity index (χ1v) is 6.85. The zero-order chi connectivity index (χ0) is 15.0. The quantitative estimate of drug-likeness (QED) is 0.730. The summed E-state index contributed by atoms with van der Waals surface area (Å²) in [6.45, 7) is 4.56. The van der Waals surface area contributed by atoms with E-state index in [0.29, 0.717) is 18.0 Å². The van der Waals surface area contributed by atoms with Crippen LogP contribution in [-0.4, -0.2) is 16.7 Å². The second-order valence-corrected chi connectivity index (χ2v) is 5.10. The molecule has 0 saturated heterocycles. The molecule has 0 N–H and O–H groups in total. The molecule has 0 atom stereocenters. The third-order valence-corrected chi connectivity index (χ3v) is 3.99. The molecular weight excluding hydrogens is 267 g/mol. The van der Waals surface area contributed by atoms with Crippen LogP contribution in [0.1, 0.15) is 16.8 Å². The molecule has 3 rings (SSSR count). The van der Waals surface area contributed by atoms with Crippen LogP contribution in [0.4, 0.5) is 4.39 Å². The third-order valence-electron chi connectivity index (χ3n) is 3.99. The average molecular weight is 284 g/mol. The molecule has 3 aromatic rings. The smallest absolute Gasteiger partial charge is 0.238 e. The minimum atomic E-state index is -0.195. The van der Waals surface area contributed by atoms with Crippen LogP contribution >= 0.6 is 0 Å². The largest absolute Gasteiger partial charge is 0.479 e. The van der Waals surface area contributed by atoms with E-state index in [-0.39, 0.29) is 5.82 Å². The topological polar surface area (TPSA) is 27.1 Å². The van der Waals surface area contributed by atoms with Crippen molar-refractivity contribution in [2.24, 2.45) is 0 Å². The second-order valence-electron chi connectivity index (χ2n) is 5.10. The lowest BCUT2D eigenvalue weighted by Gasteiger charge is -2.11. The first-order chi connectivity index (χ1) is 10.1. The van der Waals surface area contributed by atoms with Crippen LogP contribution in [0, 0.1) is 19.7 Å². The number of hydrogen-bond acceptors (Lipinski definition) is 2. The molecule has 3 nitrogen and oxygen atoms in total. The fourth-order valence-corrected chi connectivity index (χ4v) is 2.71. The molecule has 0 amide bonds. The molecule has 0 spiro atoms. The minimum absolute atomic E-state index is 0.195. The SMILES string of the molecule is COc1nccc2c(C)c(C)n(Cc3ccccc3F)c12. The molecule has 2 aromatic heterocycles. The summed E-state index contributed by atoms with van der Waals surface area (Å²) in [4.78, 5) is 4.27. The Hall–Kier alpha value is -2.36. The van der Waals surface area contributed by atoms with Crippen LogP contribution in [0.3, 0.4) is 0 Å². The van der Waals surface area contributed by atoms with Gasteiger partial charge >= 0.3 is 0 Å². The van der Waals surface area contributed by atoms with Gasteiger partial charge in [-0.25, -0.2) is 9.37 Å². The van der Waals surface area contributed by atoms with E-state index in [2.05, 4.69) is 16.5 Å². The molecule has 0 aliphatic carbocycles. The summed E-state index contributed by atoms with van der Waals surface area (Å²) < 4.78 is 21.4. The second kappa shape index (κ2) is 5.20. The molecule has 0 aliphatic heterocycles. The van der Waals surface area contributed by atoms with Gasteiger partial charge in [0.1, 0.15) is 11.3 Å². The number of ether oxygens (including phenoxy) is 1. The van der Waals surface area contributed by atoms with Crippen LogP contribution in [0.25, 0.3) is 10.9 Å². The maximum Gasteiger partial charge on any atom is 0.238 e. The Bertz CT molecular complexity index is 808. The van der Waals surface area contributed by atoms with E-state index < -0.39 is 0 Å². The van der Waals surface area contributed by atoms with Gasteiger partial charge in [0.25, 0.3) is 0 Å². The van der Waals surface area contributed by atoms with E-state index in [1.807, 2.05) is 19.1 Å². The van der Waals surface area contributed by atoms with E-state index >= 15 is 0 Å². The Balaban J connectivity index is 2.23. The van der Waals surface area contributed by atoms with Gasteiger partial charge in [-0.15, -0.1) is 0 Å². The fraction of sp³-hybridized carbons (Fsp3) is 0.235. The number of aryl methyl sites for hydroxylation is 1. The molecule has 0 bridgehead atoms. The Kier molecular flexibility index (Phi) is 3.37. The number of pyridine rings is 1. The van der Waals surface area contributed by atoms with Crippen molar-refractivity contribution >= 4 is 10.9 Å². The summed E-state index contributed by atoms with van der Waals surface area (Å²) in [6, 6.07) is 8.81. The van der Waals surface area contributed by atoms with Gasteiger partial charge in [-0.2, -0.15) is 0 Å². The number of rotatable bonds is 3. The molecule has 0 saturated carbocycles. The first-order valence-electron chi connectivity index (χ1n) is 6.85. The van der Waals surface area contributed by atoms with Crippen molar-refractivity contribution in [3.8, 4) is 5.88 Å². The van der Waals surface area contributed by atoms with Crippen LogP contribution in [0.2, 0.25) is 0 Å². The van der Waals surface area contributed by atoms with Gasteiger partial charge in [0.05, 0.1) is 13.7 Å². The lowest BCUT2D eigenvalue weighted by atomic mass is 10.2. The number of methoxy groups -OCH3 is 1. The number of nitrogens with zero attached hydrogens (tertiary/aromatic N) is 2. The zero-order valence-corrected chi connectivity index (χ0v) is 12.4. The lowest BCUT2D eigenvalue weighted by Crippen LogP contribution is -2.05. The van der Waals surface area contributed by atoms with E-state index in [4.69, 9.17) is 4.74 Å². The third kappa shape index (κ3) is 2.17. The van der Waals surface area contributed by atoms with Gasteiger partial charge in [-0.1, -0.05) is 18.2 Å². The zero-order valence-electron chi connectivity index (χ0n) is 12.4. The van der Waals surface area contributed by atoms with Gasteiger partial charge in [0.15, 0.2) is 0 Å². The number of aromatic nitrogens is 2.